The zero-order valence-corrected chi connectivity index (χ0v) is 18.5. The van der Waals surface area contributed by atoms with Crippen LogP contribution in [0.2, 0.25) is 0 Å². The smallest absolute Gasteiger partial charge is 0.313 e. The predicted octanol–water partition coefficient (Wildman–Crippen LogP) is 3.91. The van der Waals surface area contributed by atoms with Crippen LogP contribution in [0.1, 0.15) is 57.8 Å². The number of carboxylic acid groups (broad SMARTS) is 1. The van der Waals surface area contributed by atoms with Crippen molar-refractivity contribution in [3.05, 3.63) is 42.5 Å². The summed E-state index contributed by atoms with van der Waals surface area (Å²) < 4.78 is 6.16. The topological polar surface area (TPSA) is 105 Å². The predicted molar refractivity (Wildman–Crippen MR) is 122 cm³/mol. The van der Waals surface area contributed by atoms with Crippen molar-refractivity contribution in [3.63, 3.8) is 0 Å². The average molecular weight is 443 g/mol. The van der Waals surface area contributed by atoms with Crippen LogP contribution in [0.5, 0.6) is 0 Å². The van der Waals surface area contributed by atoms with Gasteiger partial charge < -0.3 is 20.5 Å². The number of unbranched alkanes of at least 4 members (excludes halogenated alkanes) is 2. The number of ether oxygens (including phenoxy) is 1. The summed E-state index contributed by atoms with van der Waals surface area (Å²) in [5, 5.41) is 14.0. The number of rotatable bonds is 12. The van der Waals surface area contributed by atoms with E-state index < -0.39 is 17.8 Å². The lowest BCUT2D eigenvalue weighted by Crippen LogP contribution is -2.36. The number of nitrogens with one attached hydrogen (secondary N) is 2. The molecule has 1 aromatic rings. The first kappa shape index (κ1) is 24.0. The van der Waals surface area contributed by atoms with E-state index in [1.165, 1.54) is 0 Å². The van der Waals surface area contributed by atoms with Gasteiger partial charge in [-0.2, -0.15) is 0 Å². The van der Waals surface area contributed by atoms with Crippen LogP contribution < -0.4 is 10.6 Å². The van der Waals surface area contributed by atoms with Gasteiger partial charge in [0.15, 0.2) is 0 Å². The highest BCUT2D eigenvalue weighted by Gasteiger charge is 2.47. The number of hydrogen-bond acceptors (Lipinski definition) is 4. The van der Waals surface area contributed by atoms with E-state index in [1.54, 1.807) is 24.3 Å². The molecule has 7 nitrogen and oxygen atoms in total. The minimum Gasteiger partial charge on any atom is -0.481 e. The van der Waals surface area contributed by atoms with Gasteiger partial charge in [-0.25, -0.2) is 0 Å². The maximum Gasteiger partial charge on any atom is 0.313 e. The quantitative estimate of drug-likeness (QED) is 0.259. The Morgan fingerprint density at radius 2 is 1.72 bits per heavy atom. The number of anilines is 1. The van der Waals surface area contributed by atoms with E-state index in [9.17, 15) is 14.4 Å². The van der Waals surface area contributed by atoms with Gasteiger partial charge in [-0.1, -0.05) is 36.8 Å². The maximum absolute atomic E-state index is 12.0. The van der Waals surface area contributed by atoms with Crippen molar-refractivity contribution in [3.8, 4) is 0 Å². The van der Waals surface area contributed by atoms with Crippen LogP contribution in [0, 0.1) is 11.8 Å². The fourth-order valence-corrected chi connectivity index (χ4v) is 4.84. The van der Waals surface area contributed by atoms with Gasteiger partial charge in [0.05, 0.1) is 12.2 Å². The highest BCUT2D eigenvalue weighted by atomic mass is 16.5. The molecule has 2 heterocycles. The van der Waals surface area contributed by atoms with E-state index in [2.05, 4.69) is 22.8 Å². The number of benzene rings is 1. The first-order valence-corrected chi connectivity index (χ1v) is 11.7. The number of carbonyl (C=O) groups excluding carboxylic acids is 2. The van der Waals surface area contributed by atoms with Gasteiger partial charge in [0.25, 0.3) is 0 Å². The summed E-state index contributed by atoms with van der Waals surface area (Å²) in [6.45, 7) is 0.483. The van der Waals surface area contributed by atoms with Crippen molar-refractivity contribution < 1.29 is 24.2 Å². The number of carbonyl (C=O) groups is 3. The fourth-order valence-electron chi connectivity index (χ4n) is 4.84. The summed E-state index contributed by atoms with van der Waals surface area (Å²) in [5.74, 6) is -0.936. The normalized spacial score (nSPS) is 24.0. The van der Waals surface area contributed by atoms with Gasteiger partial charge in [0, 0.05) is 18.7 Å². The highest BCUT2D eigenvalue weighted by Crippen LogP contribution is 2.47. The van der Waals surface area contributed by atoms with Gasteiger partial charge >= 0.3 is 17.8 Å². The summed E-state index contributed by atoms with van der Waals surface area (Å²) >= 11 is 0. The van der Waals surface area contributed by atoms with Crippen molar-refractivity contribution in [1.29, 1.82) is 0 Å². The van der Waals surface area contributed by atoms with E-state index in [-0.39, 0.29) is 6.42 Å². The van der Waals surface area contributed by atoms with Gasteiger partial charge in [-0.15, -0.1) is 0 Å². The Morgan fingerprint density at radius 1 is 0.969 bits per heavy atom. The molecule has 0 unspecified atom stereocenters. The molecular formula is C25H34N2O5. The molecule has 2 fully saturated rings. The van der Waals surface area contributed by atoms with Crippen molar-refractivity contribution in [2.24, 2.45) is 11.8 Å². The van der Waals surface area contributed by atoms with Crippen LogP contribution in [-0.2, 0) is 19.1 Å². The Balaban J connectivity index is 1.32. The molecule has 0 saturated carbocycles. The van der Waals surface area contributed by atoms with Gasteiger partial charge in [-0.05, 0) is 68.9 Å². The molecule has 0 aromatic heterocycles. The number of fused-ring (bicyclic) bond motifs is 2. The van der Waals surface area contributed by atoms with Crippen LogP contribution in [0.25, 0.3) is 0 Å². The first-order valence-electron chi connectivity index (χ1n) is 11.7. The van der Waals surface area contributed by atoms with Gasteiger partial charge in [0.1, 0.15) is 0 Å². The number of amides is 2. The number of hydrogen-bond donors (Lipinski definition) is 3. The van der Waals surface area contributed by atoms with Crippen molar-refractivity contribution in [1.82, 2.24) is 5.32 Å². The molecule has 1 aromatic carbocycles. The molecular weight excluding hydrogens is 408 g/mol. The summed E-state index contributed by atoms with van der Waals surface area (Å²) in [4.78, 5) is 34.5. The highest BCUT2D eigenvalue weighted by molar-refractivity contribution is 6.39. The molecule has 0 spiro atoms. The van der Waals surface area contributed by atoms with Gasteiger partial charge in [0.2, 0.25) is 0 Å². The second-order valence-electron chi connectivity index (χ2n) is 8.68. The van der Waals surface area contributed by atoms with Crippen molar-refractivity contribution in [2.75, 3.05) is 11.9 Å². The molecule has 32 heavy (non-hydrogen) atoms. The summed E-state index contributed by atoms with van der Waals surface area (Å²) in [7, 11) is 0. The lowest BCUT2D eigenvalue weighted by Gasteiger charge is -2.27. The fraction of sp³-hybridized carbons (Fsp3) is 0.560. The Morgan fingerprint density at radius 3 is 2.47 bits per heavy atom. The molecule has 0 radical (unpaired) electrons. The molecule has 2 bridgehead atoms. The first-order chi connectivity index (χ1) is 15.5. The lowest BCUT2D eigenvalue weighted by molar-refractivity contribution is -0.137. The monoisotopic (exact) mass is 442 g/mol. The number of aliphatic carboxylic acids is 1. The maximum atomic E-state index is 12.0. The lowest BCUT2D eigenvalue weighted by atomic mass is 9.75. The SMILES string of the molecule is O=C(O)CCCC=CC[C@@H]1[C@H](CCCCNC(=O)C(=O)Nc2ccccc2)[C@@H]2CC[C@H]1O2. The molecule has 174 valence electrons. The van der Waals surface area contributed by atoms with E-state index in [0.29, 0.717) is 42.7 Å². The van der Waals surface area contributed by atoms with Crippen LogP contribution >= 0.6 is 0 Å². The minimum absolute atomic E-state index is 0.217. The van der Waals surface area contributed by atoms with E-state index in [1.807, 2.05) is 6.07 Å². The van der Waals surface area contributed by atoms with E-state index >= 15 is 0 Å². The molecule has 2 aliphatic rings. The minimum atomic E-state index is -0.743. The Labute approximate surface area is 189 Å². The molecule has 2 saturated heterocycles. The van der Waals surface area contributed by atoms with E-state index in [0.717, 1.165) is 44.9 Å². The Kier molecular flexibility index (Phi) is 9.28. The molecule has 3 rings (SSSR count). The summed E-state index contributed by atoms with van der Waals surface area (Å²) in [6.07, 6.45) is 12.8. The van der Waals surface area contributed by atoms with Crippen molar-refractivity contribution >= 4 is 23.5 Å². The number of para-hydroxylation sites is 1. The van der Waals surface area contributed by atoms with Gasteiger partial charge in [-0.3, -0.25) is 14.4 Å². The summed E-state index contributed by atoms with van der Waals surface area (Å²) in [5.41, 5.74) is 0.603. The third-order valence-electron chi connectivity index (χ3n) is 6.41. The zero-order chi connectivity index (χ0) is 22.8. The van der Waals surface area contributed by atoms with E-state index in [4.69, 9.17) is 9.84 Å². The Bertz CT molecular complexity index is 795. The van der Waals surface area contributed by atoms with Crippen LogP contribution in [0.15, 0.2) is 42.5 Å². The summed E-state index contributed by atoms with van der Waals surface area (Å²) in [6, 6.07) is 8.93. The Hall–Kier alpha value is -2.67. The molecule has 2 aliphatic heterocycles. The number of carboxylic acids is 1. The largest absolute Gasteiger partial charge is 0.481 e. The third-order valence-corrected chi connectivity index (χ3v) is 6.41. The molecule has 2 amide bonds. The second kappa shape index (κ2) is 12.4. The van der Waals surface area contributed by atoms with Crippen LogP contribution in [-0.4, -0.2) is 41.6 Å². The number of allylic oxidation sites excluding steroid dienone is 2. The molecule has 4 atom stereocenters. The zero-order valence-electron chi connectivity index (χ0n) is 18.5. The van der Waals surface area contributed by atoms with Crippen LogP contribution in [0.3, 0.4) is 0 Å². The standard InChI is InChI=1S/C25H34N2O5/c28-23(29)14-7-2-1-6-12-19-20(22-16-15-21(19)32-22)13-8-9-17-26-24(30)25(31)27-18-10-4-3-5-11-18/h1,3-6,10-11,19-22H,2,7-9,12-17H2,(H,26,30)(H,27,31)(H,28,29)/t19-,20+,21-,22+/m1/s1. The second-order valence-corrected chi connectivity index (χ2v) is 8.68. The van der Waals surface area contributed by atoms with Crippen LogP contribution in [0.4, 0.5) is 5.69 Å². The molecule has 7 heteroatoms. The average Bonchev–Trinajstić information content (AvgIpc) is 3.38. The molecule has 0 aliphatic carbocycles. The third kappa shape index (κ3) is 7.19. The van der Waals surface area contributed by atoms with Crippen molar-refractivity contribution in [2.45, 2.75) is 70.0 Å². The molecule has 3 N–H and O–H groups in total.